The molecule has 0 fully saturated rings. The fourth-order valence-corrected chi connectivity index (χ4v) is 1.70. The molecule has 0 aliphatic rings. The summed E-state index contributed by atoms with van der Waals surface area (Å²) >= 11 is 5.94. The Balaban J connectivity index is 2.78. The van der Waals surface area contributed by atoms with E-state index in [2.05, 4.69) is 5.32 Å². The molecule has 18 heavy (non-hydrogen) atoms. The van der Waals surface area contributed by atoms with Crippen molar-refractivity contribution in [1.29, 1.82) is 5.26 Å². The van der Waals surface area contributed by atoms with Gasteiger partial charge in [-0.3, -0.25) is 4.79 Å². The first-order chi connectivity index (χ1) is 8.43. The molecule has 0 radical (unpaired) electrons. The predicted octanol–water partition coefficient (Wildman–Crippen LogP) is 2.52. The second-order valence-electron chi connectivity index (χ2n) is 4.53. The van der Waals surface area contributed by atoms with Gasteiger partial charge in [0.2, 0.25) is 5.91 Å². The van der Waals surface area contributed by atoms with E-state index in [1.165, 1.54) is 6.07 Å². The third-order valence-corrected chi connectivity index (χ3v) is 2.75. The van der Waals surface area contributed by atoms with E-state index in [4.69, 9.17) is 22.6 Å². The van der Waals surface area contributed by atoms with Crippen LogP contribution in [0, 0.1) is 17.2 Å². The molecular weight excluding hydrogens is 250 g/mol. The van der Waals surface area contributed by atoms with Gasteiger partial charge in [0.1, 0.15) is 0 Å². The fraction of sp³-hybridized carbons (Fsp3) is 0.385. The molecule has 5 heteroatoms. The number of anilines is 1. The highest BCUT2D eigenvalue weighted by molar-refractivity contribution is 6.33. The third-order valence-electron chi connectivity index (χ3n) is 2.42. The van der Waals surface area contributed by atoms with Crippen LogP contribution in [0.3, 0.4) is 0 Å². The van der Waals surface area contributed by atoms with Crippen LogP contribution < -0.4 is 11.1 Å². The quantitative estimate of drug-likeness (QED) is 0.878. The minimum atomic E-state index is -0.577. The standard InChI is InChI=1S/C13H16ClN3O/c1-8(2)5-11(16)13(18)17-12-6-9(7-15)3-4-10(12)14/h3-4,6,8,11H,5,16H2,1-2H3,(H,17,18)/t11-/m0/s1. The summed E-state index contributed by atoms with van der Waals surface area (Å²) in [6.07, 6.45) is 0.599. The lowest BCUT2D eigenvalue weighted by molar-refractivity contribution is -0.117. The van der Waals surface area contributed by atoms with Crippen molar-refractivity contribution in [2.24, 2.45) is 11.7 Å². The lowest BCUT2D eigenvalue weighted by atomic mass is 10.0. The molecule has 0 saturated heterocycles. The molecule has 1 atom stereocenters. The molecule has 3 N–H and O–H groups in total. The van der Waals surface area contributed by atoms with Gasteiger partial charge in [-0.25, -0.2) is 0 Å². The van der Waals surface area contributed by atoms with Crippen LogP contribution in [0.15, 0.2) is 18.2 Å². The molecular formula is C13H16ClN3O. The molecule has 0 heterocycles. The molecule has 0 aliphatic heterocycles. The molecule has 0 unspecified atom stereocenters. The maximum absolute atomic E-state index is 11.8. The maximum atomic E-state index is 11.8. The van der Waals surface area contributed by atoms with Gasteiger partial charge in [-0.2, -0.15) is 5.26 Å². The fourth-order valence-electron chi connectivity index (χ4n) is 1.53. The minimum Gasteiger partial charge on any atom is -0.323 e. The number of nitrogens with two attached hydrogens (primary N) is 1. The zero-order valence-electron chi connectivity index (χ0n) is 10.4. The Morgan fingerprint density at radius 2 is 2.22 bits per heavy atom. The molecule has 1 amide bonds. The molecule has 0 bridgehead atoms. The first kappa shape index (κ1) is 14.5. The lowest BCUT2D eigenvalue weighted by Crippen LogP contribution is -2.36. The van der Waals surface area contributed by atoms with Crippen LogP contribution in [0.1, 0.15) is 25.8 Å². The van der Waals surface area contributed by atoms with E-state index in [0.29, 0.717) is 28.6 Å². The number of benzene rings is 1. The number of rotatable bonds is 4. The Labute approximate surface area is 112 Å². The van der Waals surface area contributed by atoms with Crippen molar-refractivity contribution in [1.82, 2.24) is 0 Å². The van der Waals surface area contributed by atoms with Crippen LogP contribution in [0.4, 0.5) is 5.69 Å². The highest BCUT2D eigenvalue weighted by Crippen LogP contribution is 2.23. The van der Waals surface area contributed by atoms with E-state index in [0.717, 1.165) is 0 Å². The van der Waals surface area contributed by atoms with Crippen molar-refractivity contribution >= 4 is 23.2 Å². The van der Waals surface area contributed by atoms with E-state index >= 15 is 0 Å². The smallest absolute Gasteiger partial charge is 0.241 e. The molecule has 1 rings (SSSR count). The van der Waals surface area contributed by atoms with Crippen LogP contribution in [-0.4, -0.2) is 11.9 Å². The van der Waals surface area contributed by atoms with E-state index in [1.54, 1.807) is 12.1 Å². The van der Waals surface area contributed by atoms with Gasteiger partial charge in [0, 0.05) is 0 Å². The molecule has 1 aromatic rings. The van der Waals surface area contributed by atoms with Crippen molar-refractivity contribution in [3.8, 4) is 6.07 Å². The number of carbonyl (C=O) groups is 1. The average molecular weight is 266 g/mol. The van der Waals surface area contributed by atoms with Gasteiger partial charge < -0.3 is 11.1 Å². The summed E-state index contributed by atoms with van der Waals surface area (Å²) in [6, 6.07) is 6.10. The molecule has 1 aromatic carbocycles. The van der Waals surface area contributed by atoms with Gasteiger partial charge in [-0.05, 0) is 30.5 Å². The van der Waals surface area contributed by atoms with Gasteiger partial charge in [-0.1, -0.05) is 25.4 Å². The van der Waals surface area contributed by atoms with Crippen molar-refractivity contribution in [2.45, 2.75) is 26.3 Å². The Morgan fingerprint density at radius 3 is 2.78 bits per heavy atom. The number of carbonyl (C=O) groups excluding carboxylic acids is 1. The van der Waals surface area contributed by atoms with Crippen LogP contribution in [-0.2, 0) is 4.79 Å². The number of nitrogens with zero attached hydrogens (tertiary/aromatic N) is 1. The largest absolute Gasteiger partial charge is 0.323 e. The monoisotopic (exact) mass is 265 g/mol. The van der Waals surface area contributed by atoms with E-state index in [-0.39, 0.29) is 5.91 Å². The van der Waals surface area contributed by atoms with Crippen molar-refractivity contribution in [3.63, 3.8) is 0 Å². The van der Waals surface area contributed by atoms with Crippen LogP contribution in [0.2, 0.25) is 5.02 Å². The number of halogens is 1. The number of amides is 1. The van der Waals surface area contributed by atoms with Gasteiger partial charge in [0.15, 0.2) is 0 Å². The topological polar surface area (TPSA) is 78.9 Å². The molecule has 0 spiro atoms. The van der Waals surface area contributed by atoms with Gasteiger partial charge in [0.05, 0.1) is 28.4 Å². The highest BCUT2D eigenvalue weighted by atomic mass is 35.5. The normalized spacial score (nSPS) is 12.0. The summed E-state index contributed by atoms with van der Waals surface area (Å²) in [7, 11) is 0. The van der Waals surface area contributed by atoms with E-state index in [1.807, 2.05) is 19.9 Å². The summed E-state index contributed by atoms with van der Waals surface area (Å²) in [5, 5.41) is 11.8. The molecule has 0 aromatic heterocycles. The first-order valence-electron chi connectivity index (χ1n) is 5.70. The molecule has 0 aliphatic carbocycles. The second-order valence-corrected chi connectivity index (χ2v) is 4.94. The molecule has 0 saturated carbocycles. The van der Waals surface area contributed by atoms with E-state index < -0.39 is 6.04 Å². The summed E-state index contributed by atoms with van der Waals surface area (Å²) in [5.74, 6) is 0.0485. The number of hydrogen-bond acceptors (Lipinski definition) is 3. The Morgan fingerprint density at radius 1 is 1.56 bits per heavy atom. The van der Waals surface area contributed by atoms with Gasteiger partial charge >= 0.3 is 0 Å². The Hall–Kier alpha value is -1.57. The van der Waals surface area contributed by atoms with Crippen molar-refractivity contribution in [2.75, 3.05) is 5.32 Å². The van der Waals surface area contributed by atoms with Gasteiger partial charge in [-0.15, -0.1) is 0 Å². The van der Waals surface area contributed by atoms with Crippen molar-refractivity contribution < 1.29 is 4.79 Å². The van der Waals surface area contributed by atoms with Crippen LogP contribution in [0.25, 0.3) is 0 Å². The first-order valence-corrected chi connectivity index (χ1v) is 6.08. The Bertz CT molecular complexity index is 480. The second kappa shape index (κ2) is 6.39. The zero-order chi connectivity index (χ0) is 13.7. The van der Waals surface area contributed by atoms with E-state index in [9.17, 15) is 4.79 Å². The number of nitrogens with one attached hydrogen (secondary N) is 1. The SMILES string of the molecule is CC(C)C[C@H](N)C(=O)Nc1cc(C#N)ccc1Cl. The summed E-state index contributed by atoms with van der Waals surface area (Å²) in [5.41, 5.74) is 6.62. The van der Waals surface area contributed by atoms with Crippen LogP contribution in [0.5, 0.6) is 0 Å². The van der Waals surface area contributed by atoms with Crippen LogP contribution >= 0.6 is 11.6 Å². The lowest BCUT2D eigenvalue weighted by Gasteiger charge is -2.14. The number of hydrogen-bond donors (Lipinski definition) is 2. The number of nitriles is 1. The molecule has 4 nitrogen and oxygen atoms in total. The summed E-state index contributed by atoms with van der Waals surface area (Å²) in [6.45, 7) is 3.99. The zero-order valence-corrected chi connectivity index (χ0v) is 11.2. The summed E-state index contributed by atoms with van der Waals surface area (Å²) < 4.78 is 0. The third kappa shape index (κ3) is 4.02. The predicted molar refractivity (Wildman–Crippen MR) is 72.2 cm³/mol. The molecule has 96 valence electrons. The van der Waals surface area contributed by atoms with Crippen molar-refractivity contribution in [3.05, 3.63) is 28.8 Å². The highest BCUT2D eigenvalue weighted by Gasteiger charge is 2.16. The minimum absolute atomic E-state index is 0.291. The maximum Gasteiger partial charge on any atom is 0.241 e. The van der Waals surface area contributed by atoms with Gasteiger partial charge in [0.25, 0.3) is 0 Å². The Kier molecular flexibility index (Phi) is 5.14. The summed E-state index contributed by atoms with van der Waals surface area (Å²) in [4.78, 5) is 11.8. The average Bonchev–Trinajstić information content (AvgIpc) is 2.31.